The molecule has 4 heteroatoms. The number of ether oxygens (including phenoxy) is 1. The maximum absolute atomic E-state index is 12.0. The number of hydrogen-bond acceptors (Lipinski definition) is 3. The molecule has 126 valence electrons. The number of esters is 1. The number of nitrogens with zero attached hydrogens (tertiary/aromatic N) is 2. The van der Waals surface area contributed by atoms with Gasteiger partial charge in [-0.1, -0.05) is 25.1 Å². The average Bonchev–Trinajstić information content (AvgIpc) is 2.63. The minimum absolute atomic E-state index is 0.274. The Morgan fingerprint density at radius 3 is 2.50 bits per heavy atom. The van der Waals surface area contributed by atoms with E-state index in [1.54, 1.807) is 6.07 Å². The van der Waals surface area contributed by atoms with Crippen LogP contribution < -0.4 is 4.90 Å². The highest BCUT2D eigenvalue weighted by Crippen LogP contribution is 2.20. The average molecular weight is 324 g/mol. The van der Waals surface area contributed by atoms with Crippen molar-refractivity contribution < 1.29 is 9.53 Å². The number of rotatable bonds is 7. The number of anilines is 1. The van der Waals surface area contributed by atoms with E-state index in [4.69, 9.17) is 4.74 Å². The van der Waals surface area contributed by atoms with Gasteiger partial charge in [0.25, 0.3) is 0 Å². The van der Waals surface area contributed by atoms with E-state index in [-0.39, 0.29) is 5.97 Å². The molecule has 0 unspecified atom stereocenters. The Morgan fingerprint density at radius 1 is 1.12 bits per heavy atom. The summed E-state index contributed by atoms with van der Waals surface area (Å²) in [5, 5.41) is 0. The van der Waals surface area contributed by atoms with Crippen LogP contribution in [0.4, 0.5) is 11.4 Å². The van der Waals surface area contributed by atoms with E-state index >= 15 is 0 Å². The lowest BCUT2D eigenvalue weighted by molar-refractivity contribution is 0.0525. The van der Waals surface area contributed by atoms with Crippen LogP contribution in [0.15, 0.2) is 53.5 Å². The van der Waals surface area contributed by atoms with Crippen molar-refractivity contribution in [2.45, 2.75) is 27.2 Å². The number of hydrogen-bond donors (Lipinski definition) is 0. The number of carbonyl (C=O) groups excluding carboxylic acids is 1. The largest absolute Gasteiger partial charge is 0.462 e. The van der Waals surface area contributed by atoms with Crippen LogP contribution in [0.5, 0.6) is 0 Å². The second-order valence-corrected chi connectivity index (χ2v) is 5.28. The predicted molar refractivity (Wildman–Crippen MR) is 99.4 cm³/mol. The Kier molecular flexibility index (Phi) is 6.55. The Morgan fingerprint density at radius 2 is 1.88 bits per heavy atom. The summed E-state index contributed by atoms with van der Waals surface area (Å²) in [6, 6.07) is 15.7. The Balaban J connectivity index is 2.21. The van der Waals surface area contributed by atoms with Crippen molar-refractivity contribution in [3.8, 4) is 0 Å². The van der Waals surface area contributed by atoms with E-state index in [0.717, 1.165) is 29.9 Å². The lowest BCUT2D eigenvalue weighted by atomic mass is 10.0. The van der Waals surface area contributed by atoms with Crippen LogP contribution >= 0.6 is 0 Å². The molecule has 0 fully saturated rings. The van der Waals surface area contributed by atoms with Crippen LogP contribution in [-0.4, -0.2) is 25.5 Å². The van der Waals surface area contributed by atoms with Gasteiger partial charge in [-0.15, -0.1) is 0 Å². The molecule has 24 heavy (non-hydrogen) atoms. The third-order valence-corrected chi connectivity index (χ3v) is 3.74. The van der Waals surface area contributed by atoms with Gasteiger partial charge < -0.3 is 9.64 Å². The zero-order valence-corrected chi connectivity index (χ0v) is 14.5. The van der Waals surface area contributed by atoms with Crippen molar-refractivity contribution in [1.29, 1.82) is 0 Å². The Bertz CT molecular complexity index is 696. The van der Waals surface area contributed by atoms with Crippen molar-refractivity contribution in [1.82, 2.24) is 0 Å². The first-order chi connectivity index (χ1) is 11.7. The molecular formula is C20H24N2O2. The van der Waals surface area contributed by atoms with Gasteiger partial charge in [-0.3, -0.25) is 0 Å². The number of aliphatic imine (C=N–C) groups is 1. The molecule has 0 aliphatic rings. The third kappa shape index (κ3) is 4.44. The van der Waals surface area contributed by atoms with Crippen LogP contribution in [0.25, 0.3) is 0 Å². The zero-order chi connectivity index (χ0) is 17.4. The van der Waals surface area contributed by atoms with Crippen LogP contribution in [0, 0.1) is 0 Å². The molecule has 2 aromatic rings. The fourth-order valence-corrected chi connectivity index (χ4v) is 2.45. The molecule has 2 aromatic carbocycles. The minimum atomic E-state index is -0.274. The highest BCUT2D eigenvalue weighted by atomic mass is 16.5. The summed E-state index contributed by atoms with van der Waals surface area (Å²) in [5.41, 5.74) is 3.50. The second-order valence-electron chi connectivity index (χ2n) is 5.28. The van der Waals surface area contributed by atoms with E-state index < -0.39 is 0 Å². The molecule has 0 aliphatic heterocycles. The SMILES string of the molecule is CCOC(=O)c1ccc(N=CN(CC)c2ccccc2)cc1CC. The molecule has 4 nitrogen and oxygen atoms in total. The molecule has 0 spiro atoms. The molecule has 0 aliphatic carbocycles. The van der Waals surface area contributed by atoms with Crippen LogP contribution in [0.3, 0.4) is 0 Å². The first kappa shape index (κ1) is 17.7. The van der Waals surface area contributed by atoms with Gasteiger partial charge in [-0.05, 0) is 56.2 Å². The first-order valence-electron chi connectivity index (χ1n) is 8.35. The van der Waals surface area contributed by atoms with Gasteiger partial charge in [0.05, 0.1) is 24.2 Å². The Labute approximate surface area is 143 Å². The van der Waals surface area contributed by atoms with Gasteiger partial charge in [-0.2, -0.15) is 0 Å². The lowest BCUT2D eigenvalue weighted by Gasteiger charge is -2.17. The lowest BCUT2D eigenvalue weighted by Crippen LogP contribution is -2.19. The molecule has 0 bridgehead atoms. The van der Waals surface area contributed by atoms with Crippen molar-refractivity contribution >= 4 is 23.7 Å². The molecule has 0 aromatic heterocycles. The maximum Gasteiger partial charge on any atom is 0.338 e. The quantitative estimate of drug-likeness (QED) is 0.424. The fourth-order valence-electron chi connectivity index (χ4n) is 2.45. The van der Waals surface area contributed by atoms with Gasteiger partial charge in [-0.25, -0.2) is 9.79 Å². The van der Waals surface area contributed by atoms with Crippen LogP contribution in [0.1, 0.15) is 36.7 Å². The minimum Gasteiger partial charge on any atom is -0.462 e. The van der Waals surface area contributed by atoms with Crippen molar-refractivity contribution in [3.05, 3.63) is 59.7 Å². The molecular weight excluding hydrogens is 300 g/mol. The number of para-hydroxylation sites is 1. The molecule has 0 saturated carbocycles. The smallest absolute Gasteiger partial charge is 0.338 e. The van der Waals surface area contributed by atoms with Gasteiger partial charge >= 0.3 is 5.97 Å². The number of carbonyl (C=O) groups is 1. The summed E-state index contributed by atoms with van der Waals surface area (Å²) in [4.78, 5) is 18.6. The van der Waals surface area contributed by atoms with E-state index in [2.05, 4.69) is 28.9 Å². The molecule has 0 heterocycles. The van der Waals surface area contributed by atoms with Gasteiger partial charge in [0.1, 0.15) is 0 Å². The normalized spacial score (nSPS) is 10.8. The zero-order valence-electron chi connectivity index (χ0n) is 14.5. The van der Waals surface area contributed by atoms with E-state index in [1.165, 1.54) is 0 Å². The van der Waals surface area contributed by atoms with Crippen LogP contribution in [-0.2, 0) is 11.2 Å². The van der Waals surface area contributed by atoms with Gasteiger partial charge in [0, 0.05) is 12.2 Å². The summed E-state index contributed by atoms with van der Waals surface area (Å²) in [7, 11) is 0. The number of benzene rings is 2. The molecule has 0 atom stereocenters. The van der Waals surface area contributed by atoms with Gasteiger partial charge in [0.2, 0.25) is 0 Å². The third-order valence-electron chi connectivity index (χ3n) is 3.74. The monoisotopic (exact) mass is 324 g/mol. The summed E-state index contributed by atoms with van der Waals surface area (Å²) >= 11 is 0. The molecule has 2 rings (SSSR count). The summed E-state index contributed by atoms with van der Waals surface area (Å²) < 4.78 is 5.10. The summed E-state index contributed by atoms with van der Waals surface area (Å²) in [5.74, 6) is -0.274. The molecule has 0 N–H and O–H groups in total. The van der Waals surface area contributed by atoms with E-state index in [0.29, 0.717) is 12.2 Å². The molecule has 0 saturated heterocycles. The van der Waals surface area contributed by atoms with Crippen molar-refractivity contribution in [2.24, 2.45) is 4.99 Å². The summed E-state index contributed by atoms with van der Waals surface area (Å²) in [6.07, 6.45) is 2.59. The van der Waals surface area contributed by atoms with Crippen molar-refractivity contribution in [3.63, 3.8) is 0 Å². The van der Waals surface area contributed by atoms with Crippen molar-refractivity contribution in [2.75, 3.05) is 18.1 Å². The van der Waals surface area contributed by atoms with E-state index in [1.807, 2.05) is 50.5 Å². The summed E-state index contributed by atoms with van der Waals surface area (Å²) in [6.45, 7) is 7.12. The first-order valence-corrected chi connectivity index (χ1v) is 8.35. The van der Waals surface area contributed by atoms with Gasteiger partial charge in [0.15, 0.2) is 0 Å². The topological polar surface area (TPSA) is 41.9 Å². The standard InChI is InChI=1S/C20H24N2O2/c1-4-16-14-17(12-13-19(16)20(23)24-6-3)21-15-22(5-2)18-10-8-7-9-11-18/h7-15H,4-6H2,1-3H3. The Hall–Kier alpha value is -2.62. The second kappa shape index (κ2) is 8.87. The maximum atomic E-state index is 12.0. The van der Waals surface area contributed by atoms with Crippen LogP contribution in [0.2, 0.25) is 0 Å². The highest BCUT2D eigenvalue weighted by molar-refractivity contribution is 5.92. The predicted octanol–water partition coefficient (Wildman–Crippen LogP) is 4.61. The highest BCUT2D eigenvalue weighted by Gasteiger charge is 2.11. The molecule has 0 amide bonds. The van der Waals surface area contributed by atoms with E-state index in [9.17, 15) is 4.79 Å². The molecule has 0 radical (unpaired) electrons. The fraction of sp³-hybridized carbons (Fsp3) is 0.300. The number of aryl methyl sites for hydroxylation is 1.